The standard InChI is InChI=1S/C20H28N4O/c25-16-18-14-20-15-23(12-13-24(20)21-18)19-7-10-22(11-8-19)9-6-17-4-2-1-3-5-17/h1-5,14,19,25H,6-13,15-16H2. The molecule has 1 aromatic carbocycles. The molecule has 0 aliphatic carbocycles. The Morgan fingerprint density at radius 3 is 2.60 bits per heavy atom. The monoisotopic (exact) mass is 340 g/mol. The van der Waals surface area contributed by atoms with Crippen molar-refractivity contribution in [2.75, 3.05) is 26.2 Å². The van der Waals surface area contributed by atoms with E-state index in [1.807, 2.05) is 0 Å². The van der Waals surface area contributed by atoms with Crippen LogP contribution in [0.3, 0.4) is 0 Å². The summed E-state index contributed by atoms with van der Waals surface area (Å²) in [5, 5.41) is 13.7. The summed E-state index contributed by atoms with van der Waals surface area (Å²) in [6, 6.07) is 13.5. The number of rotatable bonds is 5. The number of aliphatic hydroxyl groups excluding tert-OH is 1. The maximum Gasteiger partial charge on any atom is 0.0882 e. The predicted molar refractivity (Wildman–Crippen MR) is 98.2 cm³/mol. The molecule has 3 heterocycles. The van der Waals surface area contributed by atoms with Crippen molar-refractivity contribution in [1.82, 2.24) is 19.6 Å². The Morgan fingerprint density at radius 1 is 1.04 bits per heavy atom. The summed E-state index contributed by atoms with van der Waals surface area (Å²) in [5.74, 6) is 0. The van der Waals surface area contributed by atoms with Crippen LogP contribution in [0.2, 0.25) is 0 Å². The molecule has 2 aromatic rings. The summed E-state index contributed by atoms with van der Waals surface area (Å²) >= 11 is 0. The Kier molecular flexibility index (Phi) is 5.15. The van der Waals surface area contributed by atoms with Crippen molar-refractivity contribution in [3.8, 4) is 0 Å². The van der Waals surface area contributed by atoms with Crippen LogP contribution >= 0.6 is 0 Å². The Labute approximate surface area is 149 Å². The van der Waals surface area contributed by atoms with Gasteiger partial charge in [0.2, 0.25) is 0 Å². The summed E-state index contributed by atoms with van der Waals surface area (Å²) in [4.78, 5) is 5.23. The van der Waals surface area contributed by atoms with E-state index < -0.39 is 0 Å². The molecule has 4 rings (SSSR count). The molecule has 0 radical (unpaired) electrons. The molecule has 1 fully saturated rings. The number of hydrogen-bond donors (Lipinski definition) is 1. The van der Waals surface area contributed by atoms with E-state index in [1.165, 1.54) is 43.7 Å². The second-order valence-corrected chi connectivity index (χ2v) is 7.29. The molecule has 2 aliphatic rings. The summed E-state index contributed by atoms with van der Waals surface area (Å²) in [6.07, 6.45) is 3.67. The molecule has 1 aromatic heterocycles. The molecular weight excluding hydrogens is 312 g/mol. The molecule has 0 atom stereocenters. The van der Waals surface area contributed by atoms with Crippen molar-refractivity contribution in [3.05, 3.63) is 53.3 Å². The lowest BCUT2D eigenvalue weighted by Gasteiger charge is -2.40. The fourth-order valence-electron chi connectivity index (χ4n) is 4.18. The minimum absolute atomic E-state index is 0.0415. The average molecular weight is 340 g/mol. The van der Waals surface area contributed by atoms with Gasteiger partial charge >= 0.3 is 0 Å². The van der Waals surface area contributed by atoms with Crippen LogP contribution in [0.5, 0.6) is 0 Å². The summed E-state index contributed by atoms with van der Waals surface area (Å²) < 4.78 is 2.07. The molecule has 0 unspecified atom stereocenters. The Hall–Kier alpha value is -1.69. The molecular formula is C20H28N4O. The third-order valence-corrected chi connectivity index (χ3v) is 5.67. The predicted octanol–water partition coefficient (Wildman–Crippen LogP) is 1.90. The van der Waals surface area contributed by atoms with Crippen LogP contribution in [0, 0.1) is 0 Å². The quantitative estimate of drug-likeness (QED) is 0.903. The number of hydrogen-bond acceptors (Lipinski definition) is 4. The minimum atomic E-state index is 0.0415. The van der Waals surface area contributed by atoms with Crippen LogP contribution in [-0.4, -0.2) is 56.9 Å². The van der Waals surface area contributed by atoms with Gasteiger partial charge in [-0.1, -0.05) is 30.3 Å². The van der Waals surface area contributed by atoms with Crippen molar-refractivity contribution < 1.29 is 5.11 Å². The van der Waals surface area contributed by atoms with E-state index in [2.05, 4.69) is 56.0 Å². The molecule has 2 aliphatic heterocycles. The first-order chi connectivity index (χ1) is 12.3. The Balaban J connectivity index is 1.26. The van der Waals surface area contributed by atoms with Crippen molar-refractivity contribution >= 4 is 0 Å². The summed E-state index contributed by atoms with van der Waals surface area (Å²) in [6.45, 7) is 6.62. The van der Waals surface area contributed by atoms with Gasteiger partial charge in [0.05, 0.1) is 24.5 Å². The lowest BCUT2D eigenvalue weighted by Crippen LogP contribution is -2.47. The van der Waals surface area contributed by atoms with Gasteiger partial charge in [-0.15, -0.1) is 0 Å². The highest BCUT2D eigenvalue weighted by Gasteiger charge is 2.27. The van der Waals surface area contributed by atoms with Gasteiger partial charge in [-0.05, 0) is 44.0 Å². The minimum Gasteiger partial charge on any atom is -0.390 e. The second kappa shape index (κ2) is 7.68. The Bertz CT molecular complexity index is 676. The summed E-state index contributed by atoms with van der Waals surface area (Å²) in [7, 11) is 0. The first kappa shape index (κ1) is 16.8. The van der Waals surface area contributed by atoms with Gasteiger partial charge in [0.15, 0.2) is 0 Å². The van der Waals surface area contributed by atoms with Crippen molar-refractivity contribution in [2.45, 2.75) is 45.0 Å². The third kappa shape index (κ3) is 3.94. The number of fused-ring (bicyclic) bond motifs is 1. The molecule has 0 amide bonds. The highest BCUT2D eigenvalue weighted by molar-refractivity contribution is 5.15. The maximum atomic E-state index is 9.27. The zero-order chi connectivity index (χ0) is 17.1. The van der Waals surface area contributed by atoms with Gasteiger partial charge in [0, 0.05) is 25.7 Å². The third-order valence-electron chi connectivity index (χ3n) is 5.67. The van der Waals surface area contributed by atoms with Crippen LogP contribution in [0.25, 0.3) is 0 Å². The zero-order valence-electron chi connectivity index (χ0n) is 14.8. The lowest BCUT2D eigenvalue weighted by molar-refractivity contribution is 0.0853. The van der Waals surface area contributed by atoms with Gasteiger partial charge in [-0.3, -0.25) is 9.58 Å². The van der Waals surface area contributed by atoms with E-state index in [1.54, 1.807) is 0 Å². The van der Waals surface area contributed by atoms with Gasteiger partial charge in [0.25, 0.3) is 0 Å². The molecule has 1 saturated heterocycles. The number of aliphatic hydroxyl groups is 1. The van der Waals surface area contributed by atoms with Crippen LogP contribution in [-0.2, 0) is 26.1 Å². The molecule has 25 heavy (non-hydrogen) atoms. The normalized spacial score (nSPS) is 19.9. The van der Waals surface area contributed by atoms with E-state index >= 15 is 0 Å². The zero-order valence-corrected chi connectivity index (χ0v) is 14.8. The first-order valence-corrected chi connectivity index (χ1v) is 9.48. The number of nitrogens with zero attached hydrogens (tertiary/aromatic N) is 4. The molecule has 0 spiro atoms. The topological polar surface area (TPSA) is 44.5 Å². The van der Waals surface area contributed by atoms with Gasteiger partial charge in [-0.2, -0.15) is 5.10 Å². The smallest absolute Gasteiger partial charge is 0.0882 e. The van der Waals surface area contributed by atoms with Crippen LogP contribution in [0.1, 0.15) is 29.8 Å². The lowest BCUT2D eigenvalue weighted by atomic mass is 10.0. The van der Waals surface area contributed by atoms with Gasteiger partial charge in [-0.25, -0.2) is 0 Å². The van der Waals surface area contributed by atoms with E-state index in [0.29, 0.717) is 6.04 Å². The molecule has 1 N–H and O–H groups in total. The number of aromatic nitrogens is 2. The van der Waals surface area contributed by atoms with E-state index in [0.717, 1.165) is 31.7 Å². The highest BCUT2D eigenvalue weighted by atomic mass is 16.3. The van der Waals surface area contributed by atoms with Crippen LogP contribution in [0.15, 0.2) is 36.4 Å². The molecule has 0 bridgehead atoms. The fourth-order valence-corrected chi connectivity index (χ4v) is 4.18. The average Bonchev–Trinajstić information content (AvgIpc) is 3.10. The van der Waals surface area contributed by atoms with E-state index in [-0.39, 0.29) is 6.61 Å². The van der Waals surface area contributed by atoms with Crippen LogP contribution in [0.4, 0.5) is 0 Å². The summed E-state index contributed by atoms with van der Waals surface area (Å²) in [5.41, 5.74) is 3.49. The first-order valence-electron chi connectivity index (χ1n) is 9.48. The fraction of sp³-hybridized carbons (Fsp3) is 0.550. The molecule has 0 saturated carbocycles. The maximum absolute atomic E-state index is 9.27. The van der Waals surface area contributed by atoms with Crippen molar-refractivity contribution in [3.63, 3.8) is 0 Å². The van der Waals surface area contributed by atoms with E-state index in [9.17, 15) is 5.11 Å². The van der Waals surface area contributed by atoms with Gasteiger partial charge < -0.3 is 10.0 Å². The highest BCUT2D eigenvalue weighted by Crippen LogP contribution is 2.22. The number of benzene rings is 1. The second-order valence-electron chi connectivity index (χ2n) is 7.29. The van der Waals surface area contributed by atoms with Crippen molar-refractivity contribution in [2.24, 2.45) is 0 Å². The van der Waals surface area contributed by atoms with Gasteiger partial charge in [0.1, 0.15) is 0 Å². The molecule has 5 nitrogen and oxygen atoms in total. The van der Waals surface area contributed by atoms with Crippen LogP contribution < -0.4 is 0 Å². The SMILES string of the molecule is OCc1cc2n(n1)CCN(C1CCN(CCc3ccccc3)CC1)C2. The molecule has 5 heteroatoms. The molecule has 134 valence electrons. The number of likely N-dealkylation sites (tertiary alicyclic amines) is 1. The Morgan fingerprint density at radius 2 is 1.84 bits per heavy atom. The van der Waals surface area contributed by atoms with Crippen molar-refractivity contribution in [1.29, 1.82) is 0 Å². The number of piperidine rings is 1. The largest absolute Gasteiger partial charge is 0.390 e. The van der Waals surface area contributed by atoms with E-state index in [4.69, 9.17) is 0 Å².